The first-order chi connectivity index (χ1) is 9.06. The van der Waals surface area contributed by atoms with Gasteiger partial charge in [0.2, 0.25) is 0 Å². The Morgan fingerprint density at radius 2 is 2.11 bits per heavy atom. The number of hydrogen-bond donors (Lipinski definition) is 1. The number of benzene rings is 1. The molecular formula is C13H9Cl2NO2S. The van der Waals surface area contributed by atoms with Crippen molar-refractivity contribution in [1.82, 2.24) is 4.98 Å². The summed E-state index contributed by atoms with van der Waals surface area (Å²) in [6, 6.07) is 8.35. The molecule has 0 aliphatic rings. The molecule has 0 bridgehead atoms. The second-order valence-corrected chi connectivity index (χ2v) is 5.56. The van der Waals surface area contributed by atoms with Crippen LogP contribution in [0, 0.1) is 0 Å². The fourth-order valence-electron chi connectivity index (χ4n) is 1.42. The van der Waals surface area contributed by atoms with Crippen LogP contribution < -0.4 is 0 Å². The highest BCUT2D eigenvalue weighted by Crippen LogP contribution is 2.27. The maximum absolute atomic E-state index is 10.9. The molecule has 0 aliphatic carbocycles. The van der Waals surface area contributed by atoms with Crippen molar-refractivity contribution in [3.8, 4) is 0 Å². The fraction of sp³-hybridized carbons (Fsp3) is 0.0769. The SMILES string of the molecule is O=C(O)c1cccc(SCc2cnc(Cl)cc2Cl)c1. The minimum atomic E-state index is -0.936. The van der Waals surface area contributed by atoms with Crippen LogP contribution in [0.25, 0.3) is 0 Å². The van der Waals surface area contributed by atoms with Gasteiger partial charge in [0.25, 0.3) is 0 Å². The molecule has 6 heteroatoms. The summed E-state index contributed by atoms with van der Waals surface area (Å²) in [6.07, 6.45) is 1.62. The van der Waals surface area contributed by atoms with Crippen LogP contribution in [0.4, 0.5) is 0 Å². The molecule has 1 aromatic carbocycles. The molecule has 1 heterocycles. The summed E-state index contributed by atoms with van der Waals surface area (Å²) in [4.78, 5) is 15.7. The van der Waals surface area contributed by atoms with E-state index in [1.807, 2.05) is 6.07 Å². The van der Waals surface area contributed by atoms with Crippen LogP contribution >= 0.6 is 35.0 Å². The molecule has 0 radical (unpaired) electrons. The Morgan fingerprint density at radius 3 is 2.79 bits per heavy atom. The van der Waals surface area contributed by atoms with Crippen molar-refractivity contribution in [2.24, 2.45) is 0 Å². The minimum Gasteiger partial charge on any atom is -0.478 e. The van der Waals surface area contributed by atoms with Gasteiger partial charge in [-0.15, -0.1) is 11.8 Å². The van der Waals surface area contributed by atoms with Crippen LogP contribution in [0.5, 0.6) is 0 Å². The second-order valence-electron chi connectivity index (χ2n) is 3.72. The zero-order chi connectivity index (χ0) is 13.8. The van der Waals surface area contributed by atoms with E-state index in [-0.39, 0.29) is 5.56 Å². The predicted molar refractivity (Wildman–Crippen MR) is 77.2 cm³/mol. The van der Waals surface area contributed by atoms with Crippen LogP contribution in [0.3, 0.4) is 0 Å². The lowest BCUT2D eigenvalue weighted by Gasteiger charge is -2.05. The van der Waals surface area contributed by atoms with Crippen LogP contribution in [0.1, 0.15) is 15.9 Å². The van der Waals surface area contributed by atoms with Gasteiger partial charge in [0.05, 0.1) is 5.56 Å². The first-order valence-corrected chi connectivity index (χ1v) is 7.06. The lowest BCUT2D eigenvalue weighted by atomic mass is 10.2. The Bertz CT molecular complexity index is 619. The Labute approximate surface area is 124 Å². The van der Waals surface area contributed by atoms with Crippen molar-refractivity contribution in [3.05, 3.63) is 57.8 Å². The number of pyridine rings is 1. The predicted octanol–water partition coefficient (Wildman–Crippen LogP) is 4.38. The van der Waals surface area contributed by atoms with E-state index < -0.39 is 5.97 Å². The lowest BCUT2D eigenvalue weighted by molar-refractivity contribution is 0.0696. The van der Waals surface area contributed by atoms with E-state index in [1.165, 1.54) is 11.8 Å². The van der Waals surface area contributed by atoms with Crippen molar-refractivity contribution < 1.29 is 9.90 Å². The Kier molecular flexibility index (Phi) is 4.69. The molecule has 98 valence electrons. The standard InChI is InChI=1S/C13H9Cl2NO2S/c14-11-5-12(15)16-6-9(11)7-19-10-3-1-2-8(4-10)13(17)18/h1-6H,7H2,(H,17,18). The Hall–Kier alpha value is -1.23. The number of rotatable bonds is 4. The molecule has 19 heavy (non-hydrogen) atoms. The van der Waals surface area contributed by atoms with Crippen molar-refractivity contribution in [1.29, 1.82) is 0 Å². The number of carboxylic acids is 1. The van der Waals surface area contributed by atoms with Gasteiger partial charge in [-0.25, -0.2) is 9.78 Å². The number of hydrogen-bond acceptors (Lipinski definition) is 3. The van der Waals surface area contributed by atoms with Crippen molar-refractivity contribution >= 4 is 40.9 Å². The van der Waals surface area contributed by atoms with E-state index in [2.05, 4.69) is 4.98 Å². The first kappa shape index (κ1) is 14.2. The number of thioether (sulfide) groups is 1. The van der Waals surface area contributed by atoms with E-state index >= 15 is 0 Å². The third-order valence-electron chi connectivity index (χ3n) is 2.37. The molecule has 3 nitrogen and oxygen atoms in total. The number of aromatic carboxylic acids is 1. The zero-order valence-corrected chi connectivity index (χ0v) is 12.0. The Morgan fingerprint density at radius 1 is 1.32 bits per heavy atom. The van der Waals surface area contributed by atoms with Crippen LogP contribution in [0.15, 0.2) is 41.4 Å². The maximum Gasteiger partial charge on any atom is 0.335 e. The smallest absolute Gasteiger partial charge is 0.335 e. The highest BCUT2D eigenvalue weighted by molar-refractivity contribution is 7.98. The van der Waals surface area contributed by atoms with E-state index in [0.717, 1.165) is 10.5 Å². The van der Waals surface area contributed by atoms with Gasteiger partial charge in [-0.05, 0) is 29.8 Å². The maximum atomic E-state index is 10.9. The molecule has 1 aromatic heterocycles. The van der Waals surface area contributed by atoms with Gasteiger partial charge in [-0.1, -0.05) is 29.3 Å². The summed E-state index contributed by atoms with van der Waals surface area (Å²) in [5, 5.41) is 9.82. The van der Waals surface area contributed by atoms with E-state index in [0.29, 0.717) is 15.9 Å². The fourth-order valence-corrected chi connectivity index (χ4v) is 2.87. The molecule has 0 saturated carbocycles. The summed E-state index contributed by atoms with van der Waals surface area (Å²) >= 11 is 13.3. The summed E-state index contributed by atoms with van der Waals surface area (Å²) in [5.74, 6) is -0.333. The molecule has 0 unspecified atom stereocenters. The largest absolute Gasteiger partial charge is 0.478 e. The van der Waals surface area contributed by atoms with Crippen molar-refractivity contribution in [3.63, 3.8) is 0 Å². The van der Waals surface area contributed by atoms with Crippen LogP contribution in [-0.2, 0) is 5.75 Å². The Balaban J connectivity index is 2.10. The van der Waals surface area contributed by atoms with E-state index in [9.17, 15) is 4.79 Å². The van der Waals surface area contributed by atoms with Gasteiger partial charge >= 0.3 is 5.97 Å². The third-order valence-corrected chi connectivity index (χ3v) is 3.97. The molecule has 0 fully saturated rings. The third kappa shape index (κ3) is 3.86. The molecule has 0 spiro atoms. The molecule has 0 atom stereocenters. The highest BCUT2D eigenvalue weighted by Gasteiger charge is 2.06. The molecule has 1 N–H and O–H groups in total. The van der Waals surface area contributed by atoms with Gasteiger partial charge in [0, 0.05) is 21.9 Å². The van der Waals surface area contributed by atoms with Crippen LogP contribution in [0.2, 0.25) is 10.2 Å². The number of aromatic nitrogens is 1. The van der Waals surface area contributed by atoms with E-state index in [1.54, 1.807) is 30.5 Å². The summed E-state index contributed by atoms with van der Waals surface area (Å²) in [6.45, 7) is 0. The molecule has 0 saturated heterocycles. The molecular weight excluding hydrogens is 305 g/mol. The highest BCUT2D eigenvalue weighted by atomic mass is 35.5. The molecule has 0 amide bonds. The molecule has 0 aliphatic heterocycles. The molecule has 2 rings (SSSR count). The number of halogens is 2. The van der Waals surface area contributed by atoms with E-state index in [4.69, 9.17) is 28.3 Å². The van der Waals surface area contributed by atoms with Crippen molar-refractivity contribution in [2.45, 2.75) is 10.6 Å². The summed E-state index contributed by atoms with van der Waals surface area (Å²) < 4.78 is 0. The topological polar surface area (TPSA) is 50.2 Å². The first-order valence-electron chi connectivity index (χ1n) is 5.32. The van der Waals surface area contributed by atoms with Gasteiger partial charge in [-0.2, -0.15) is 0 Å². The van der Waals surface area contributed by atoms with Gasteiger partial charge < -0.3 is 5.11 Å². The van der Waals surface area contributed by atoms with Crippen LogP contribution in [-0.4, -0.2) is 16.1 Å². The van der Waals surface area contributed by atoms with Gasteiger partial charge in [0.1, 0.15) is 5.15 Å². The normalized spacial score (nSPS) is 10.4. The number of carbonyl (C=O) groups is 1. The average molecular weight is 314 g/mol. The van der Waals surface area contributed by atoms with Gasteiger partial charge in [-0.3, -0.25) is 0 Å². The quantitative estimate of drug-likeness (QED) is 0.672. The minimum absolute atomic E-state index is 0.269. The second kappa shape index (κ2) is 6.28. The number of nitrogens with zero attached hydrogens (tertiary/aromatic N) is 1. The zero-order valence-electron chi connectivity index (χ0n) is 9.64. The molecule has 2 aromatic rings. The van der Waals surface area contributed by atoms with Gasteiger partial charge in [0.15, 0.2) is 0 Å². The number of carboxylic acid groups (broad SMARTS) is 1. The summed E-state index contributed by atoms with van der Waals surface area (Å²) in [5.41, 5.74) is 1.13. The average Bonchev–Trinajstić information content (AvgIpc) is 2.38. The summed E-state index contributed by atoms with van der Waals surface area (Å²) in [7, 11) is 0. The monoisotopic (exact) mass is 313 g/mol. The lowest BCUT2D eigenvalue weighted by Crippen LogP contribution is -1.95. The van der Waals surface area contributed by atoms with Crippen molar-refractivity contribution in [2.75, 3.05) is 0 Å².